The van der Waals surface area contributed by atoms with Crippen LogP contribution in [0.5, 0.6) is 0 Å². The van der Waals surface area contributed by atoms with Crippen LogP contribution in [0.1, 0.15) is 18.4 Å². The third kappa shape index (κ3) is 3.69. The maximum atomic E-state index is 3.72. The van der Waals surface area contributed by atoms with Gasteiger partial charge in [0.25, 0.3) is 0 Å². The standard InChI is InChI=1S/C14H20BrNS2/c1-17-13-9-11(8-12(15)14(13)18-2)7-10-3-5-16-6-4-10/h8-10,16H,3-7H2,1-2H3. The molecular weight excluding hydrogens is 326 g/mol. The van der Waals surface area contributed by atoms with Crippen molar-refractivity contribution in [2.75, 3.05) is 25.6 Å². The van der Waals surface area contributed by atoms with Crippen LogP contribution in [0.4, 0.5) is 0 Å². The molecule has 18 heavy (non-hydrogen) atoms. The molecule has 1 aromatic carbocycles. The maximum absolute atomic E-state index is 3.72. The molecule has 0 spiro atoms. The Labute approximate surface area is 127 Å². The Bertz CT molecular complexity index is 403. The molecular formula is C14H20BrNS2. The minimum Gasteiger partial charge on any atom is -0.317 e. The molecule has 0 unspecified atom stereocenters. The van der Waals surface area contributed by atoms with E-state index in [9.17, 15) is 0 Å². The summed E-state index contributed by atoms with van der Waals surface area (Å²) in [6, 6.07) is 4.69. The van der Waals surface area contributed by atoms with E-state index in [1.165, 1.54) is 52.2 Å². The van der Waals surface area contributed by atoms with Crippen molar-refractivity contribution in [1.29, 1.82) is 0 Å². The van der Waals surface area contributed by atoms with Gasteiger partial charge in [0.05, 0.1) is 0 Å². The van der Waals surface area contributed by atoms with Crippen LogP contribution in [0.3, 0.4) is 0 Å². The van der Waals surface area contributed by atoms with Gasteiger partial charge in [0, 0.05) is 14.3 Å². The predicted molar refractivity (Wildman–Crippen MR) is 87.0 cm³/mol. The maximum Gasteiger partial charge on any atom is 0.0348 e. The summed E-state index contributed by atoms with van der Waals surface area (Å²) in [6.07, 6.45) is 8.16. The number of nitrogens with one attached hydrogen (secondary N) is 1. The minimum absolute atomic E-state index is 0.855. The first-order valence-electron chi connectivity index (χ1n) is 6.35. The largest absolute Gasteiger partial charge is 0.317 e. The van der Waals surface area contributed by atoms with Crippen molar-refractivity contribution in [3.05, 3.63) is 22.2 Å². The lowest BCUT2D eigenvalue weighted by Gasteiger charge is -2.23. The summed E-state index contributed by atoms with van der Waals surface area (Å²) >= 11 is 7.39. The molecule has 0 radical (unpaired) electrons. The SMILES string of the molecule is CSc1cc(CC2CCNCC2)cc(Br)c1SC. The second kappa shape index (κ2) is 7.22. The molecule has 1 aliphatic rings. The molecule has 2 rings (SSSR count). The third-order valence-electron chi connectivity index (χ3n) is 3.48. The fourth-order valence-electron chi connectivity index (χ4n) is 2.51. The molecule has 1 aliphatic heterocycles. The molecule has 100 valence electrons. The Morgan fingerprint density at radius 2 is 1.94 bits per heavy atom. The van der Waals surface area contributed by atoms with Gasteiger partial charge in [0.1, 0.15) is 0 Å². The highest BCUT2D eigenvalue weighted by molar-refractivity contribution is 9.10. The van der Waals surface area contributed by atoms with Crippen LogP contribution in [-0.4, -0.2) is 25.6 Å². The van der Waals surface area contributed by atoms with Crippen molar-refractivity contribution < 1.29 is 0 Å². The molecule has 0 aromatic heterocycles. The number of piperidine rings is 1. The fraction of sp³-hybridized carbons (Fsp3) is 0.571. The van der Waals surface area contributed by atoms with Crippen molar-refractivity contribution in [2.45, 2.75) is 29.1 Å². The van der Waals surface area contributed by atoms with Crippen LogP contribution in [0.15, 0.2) is 26.4 Å². The van der Waals surface area contributed by atoms with Crippen molar-refractivity contribution in [1.82, 2.24) is 5.32 Å². The first-order chi connectivity index (χ1) is 8.74. The van der Waals surface area contributed by atoms with E-state index >= 15 is 0 Å². The van der Waals surface area contributed by atoms with Crippen molar-refractivity contribution in [3.63, 3.8) is 0 Å². The summed E-state index contributed by atoms with van der Waals surface area (Å²) in [5.74, 6) is 0.855. The highest BCUT2D eigenvalue weighted by Crippen LogP contribution is 2.36. The lowest BCUT2D eigenvalue weighted by molar-refractivity contribution is 0.372. The molecule has 0 aliphatic carbocycles. The van der Waals surface area contributed by atoms with Gasteiger partial charge in [-0.2, -0.15) is 0 Å². The molecule has 0 saturated carbocycles. The topological polar surface area (TPSA) is 12.0 Å². The average molecular weight is 346 g/mol. The number of thioether (sulfide) groups is 2. The van der Waals surface area contributed by atoms with E-state index in [0.717, 1.165) is 5.92 Å². The van der Waals surface area contributed by atoms with Gasteiger partial charge >= 0.3 is 0 Å². The monoisotopic (exact) mass is 345 g/mol. The van der Waals surface area contributed by atoms with E-state index in [1.54, 1.807) is 0 Å². The van der Waals surface area contributed by atoms with Crippen LogP contribution < -0.4 is 5.32 Å². The number of hydrogen-bond donors (Lipinski definition) is 1. The molecule has 0 bridgehead atoms. The van der Waals surface area contributed by atoms with Crippen LogP contribution in [0.2, 0.25) is 0 Å². The van der Waals surface area contributed by atoms with E-state index < -0.39 is 0 Å². The molecule has 1 saturated heterocycles. The Morgan fingerprint density at radius 3 is 2.56 bits per heavy atom. The van der Waals surface area contributed by atoms with Gasteiger partial charge in [-0.15, -0.1) is 23.5 Å². The Balaban J connectivity index is 2.15. The Morgan fingerprint density at radius 1 is 1.22 bits per heavy atom. The van der Waals surface area contributed by atoms with E-state index in [0.29, 0.717) is 0 Å². The first-order valence-corrected chi connectivity index (χ1v) is 9.60. The number of benzene rings is 1. The van der Waals surface area contributed by atoms with E-state index in [2.05, 4.69) is 45.9 Å². The number of hydrogen-bond acceptors (Lipinski definition) is 3. The normalized spacial score (nSPS) is 17.1. The first kappa shape index (κ1) is 14.8. The molecule has 1 aromatic rings. The van der Waals surface area contributed by atoms with Gasteiger partial charge in [0.15, 0.2) is 0 Å². The van der Waals surface area contributed by atoms with Crippen LogP contribution >= 0.6 is 39.5 Å². The highest BCUT2D eigenvalue weighted by atomic mass is 79.9. The lowest BCUT2D eigenvalue weighted by atomic mass is 9.91. The van der Waals surface area contributed by atoms with Crippen molar-refractivity contribution >= 4 is 39.5 Å². The van der Waals surface area contributed by atoms with Gasteiger partial charge < -0.3 is 5.32 Å². The van der Waals surface area contributed by atoms with Gasteiger partial charge in [0.2, 0.25) is 0 Å². The zero-order chi connectivity index (χ0) is 13.0. The quantitative estimate of drug-likeness (QED) is 0.810. The molecule has 1 heterocycles. The molecule has 1 nitrogen and oxygen atoms in total. The summed E-state index contributed by atoms with van der Waals surface area (Å²) < 4.78 is 1.26. The van der Waals surface area contributed by atoms with Gasteiger partial charge in [-0.05, 0) is 84.4 Å². The van der Waals surface area contributed by atoms with Crippen molar-refractivity contribution in [3.8, 4) is 0 Å². The minimum atomic E-state index is 0.855. The van der Waals surface area contributed by atoms with Crippen LogP contribution in [0.25, 0.3) is 0 Å². The summed E-state index contributed by atoms with van der Waals surface area (Å²) in [7, 11) is 0. The number of rotatable bonds is 4. The summed E-state index contributed by atoms with van der Waals surface area (Å²) in [5, 5.41) is 3.44. The van der Waals surface area contributed by atoms with Crippen molar-refractivity contribution in [2.24, 2.45) is 5.92 Å². The summed E-state index contributed by atoms with van der Waals surface area (Å²) in [6.45, 7) is 2.37. The summed E-state index contributed by atoms with van der Waals surface area (Å²) in [5.41, 5.74) is 1.48. The fourth-order valence-corrected chi connectivity index (χ4v) is 5.21. The molecule has 1 N–H and O–H groups in total. The van der Waals surface area contributed by atoms with Crippen LogP contribution in [-0.2, 0) is 6.42 Å². The average Bonchev–Trinajstić information content (AvgIpc) is 2.39. The summed E-state index contributed by atoms with van der Waals surface area (Å²) in [4.78, 5) is 2.78. The highest BCUT2D eigenvalue weighted by Gasteiger charge is 2.15. The van der Waals surface area contributed by atoms with Gasteiger partial charge in [-0.3, -0.25) is 0 Å². The van der Waals surface area contributed by atoms with Crippen LogP contribution in [0, 0.1) is 5.92 Å². The molecule has 0 amide bonds. The van der Waals surface area contributed by atoms with E-state index in [-0.39, 0.29) is 0 Å². The Kier molecular flexibility index (Phi) is 5.93. The molecule has 1 fully saturated rings. The smallest absolute Gasteiger partial charge is 0.0348 e. The van der Waals surface area contributed by atoms with Gasteiger partial charge in [-0.1, -0.05) is 0 Å². The van der Waals surface area contributed by atoms with E-state index in [1.807, 2.05) is 23.5 Å². The third-order valence-corrected chi connectivity index (χ3v) is 6.10. The zero-order valence-corrected chi connectivity index (χ0v) is 14.2. The van der Waals surface area contributed by atoms with Gasteiger partial charge in [-0.25, -0.2) is 0 Å². The lowest BCUT2D eigenvalue weighted by Crippen LogP contribution is -2.28. The van der Waals surface area contributed by atoms with E-state index in [4.69, 9.17) is 0 Å². The second-order valence-corrected chi connectivity index (χ2v) is 7.23. The zero-order valence-electron chi connectivity index (χ0n) is 11.0. The second-order valence-electron chi connectivity index (χ2n) is 4.71. The molecule has 4 heteroatoms. The number of halogens is 1. The Hall–Kier alpha value is 0.360. The predicted octanol–water partition coefficient (Wildman–Crippen LogP) is 4.44. The molecule has 0 atom stereocenters.